The molecule has 0 bridgehead atoms. The third-order valence-corrected chi connectivity index (χ3v) is 3.39. The zero-order chi connectivity index (χ0) is 17.8. The molecule has 0 aromatic heterocycles. The Hall–Kier alpha value is -2.72. The summed E-state index contributed by atoms with van der Waals surface area (Å²) in [5.41, 5.74) is -0.510. The molecule has 0 spiro atoms. The van der Waals surface area contributed by atoms with Crippen LogP contribution in [-0.4, -0.2) is 25.2 Å². The van der Waals surface area contributed by atoms with Crippen molar-refractivity contribution in [1.29, 1.82) is 0 Å². The van der Waals surface area contributed by atoms with Gasteiger partial charge in [0.2, 0.25) is 0 Å². The van der Waals surface area contributed by atoms with Crippen molar-refractivity contribution in [3.63, 3.8) is 0 Å². The molecule has 0 atom stereocenters. The molecule has 0 aliphatic heterocycles. The summed E-state index contributed by atoms with van der Waals surface area (Å²) in [5, 5.41) is 0. The summed E-state index contributed by atoms with van der Waals surface area (Å²) < 4.78 is 10.1. The molecule has 126 valence electrons. The van der Waals surface area contributed by atoms with Crippen LogP contribution in [0.15, 0.2) is 30.3 Å². The molecule has 0 fully saturated rings. The number of hydrogen-bond donors (Lipinski definition) is 0. The van der Waals surface area contributed by atoms with Gasteiger partial charge in [0.25, 0.3) is 0 Å². The number of carbonyl (C=O) groups excluding carboxylic acids is 2. The molecular weight excluding hydrogens is 304 g/mol. The summed E-state index contributed by atoms with van der Waals surface area (Å²) in [6.07, 6.45) is 5.76. The Morgan fingerprint density at radius 2 is 1.58 bits per heavy atom. The summed E-state index contributed by atoms with van der Waals surface area (Å²) >= 11 is 0. The van der Waals surface area contributed by atoms with Gasteiger partial charge in [-0.2, -0.15) is 0 Å². The lowest BCUT2D eigenvalue weighted by atomic mass is 9.81. The fourth-order valence-corrected chi connectivity index (χ4v) is 2.12. The van der Waals surface area contributed by atoms with Crippen molar-refractivity contribution in [1.82, 2.24) is 0 Å². The second-order valence-electron chi connectivity index (χ2n) is 5.10. The van der Waals surface area contributed by atoms with Crippen LogP contribution in [-0.2, 0) is 25.5 Å². The minimum Gasteiger partial charge on any atom is -0.465 e. The molecule has 0 unspecified atom stereocenters. The van der Waals surface area contributed by atoms with E-state index in [1.807, 2.05) is 30.3 Å². The first kappa shape index (κ1) is 19.3. The number of terminal acetylenes is 1. The SMILES string of the molecule is C#CCC(CC#CCc1ccccc1)(C(=O)OCC)C(=O)OCC. The van der Waals surface area contributed by atoms with Crippen LogP contribution in [0.1, 0.15) is 32.3 Å². The van der Waals surface area contributed by atoms with Gasteiger partial charge in [-0.25, -0.2) is 0 Å². The van der Waals surface area contributed by atoms with E-state index in [-0.39, 0.29) is 26.1 Å². The van der Waals surface area contributed by atoms with Crippen LogP contribution in [0.5, 0.6) is 0 Å². The van der Waals surface area contributed by atoms with Gasteiger partial charge in [0.1, 0.15) is 0 Å². The van der Waals surface area contributed by atoms with E-state index in [9.17, 15) is 9.59 Å². The smallest absolute Gasteiger partial charge is 0.325 e. The standard InChI is InChI=1S/C20H22O4/c1-4-15-20(18(21)23-5-2,19(22)24-6-3)16-11-10-14-17-12-8-7-9-13-17/h1,7-9,12-13H,5-6,14-16H2,2-3H3. The maximum Gasteiger partial charge on any atom is 0.325 e. The van der Waals surface area contributed by atoms with Crippen LogP contribution in [0.2, 0.25) is 0 Å². The van der Waals surface area contributed by atoms with Gasteiger partial charge in [0, 0.05) is 19.3 Å². The predicted molar refractivity (Wildman–Crippen MR) is 91.7 cm³/mol. The van der Waals surface area contributed by atoms with Crippen molar-refractivity contribution in [2.75, 3.05) is 13.2 Å². The normalized spacial score (nSPS) is 10.0. The van der Waals surface area contributed by atoms with Crippen LogP contribution >= 0.6 is 0 Å². The van der Waals surface area contributed by atoms with Gasteiger partial charge in [-0.1, -0.05) is 36.3 Å². The topological polar surface area (TPSA) is 52.6 Å². The highest BCUT2D eigenvalue weighted by molar-refractivity contribution is 6.00. The monoisotopic (exact) mass is 326 g/mol. The predicted octanol–water partition coefficient (Wildman–Crippen LogP) is 2.76. The zero-order valence-electron chi connectivity index (χ0n) is 14.1. The molecular formula is C20H22O4. The van der Waals surface area contributed by atoms with Crippen molar-refractivity contribution >= 4 is 11.9 Å². The van der Waals surface area contributed by atoms with E-state index in [2.05, 4.69) is 17.8 Å². The number of benzene rings is 1. The lowest BCUT2D eigenvalue weighted by Gasteiger charge is -2.25. The van der Waals surface area contributed by atoms with Gasteiger partial charge in [-0.3, -0.25) is 9.59 Å². The quantitative estimate of drug-likeness (QED) is 0.439. The second-order valence-corrected chi connectivity index (χ2v) is 5.10. The number of hydrogen-bond acceptors (Lipinski definition) is 4. The Labute approximate surface area is 143 Å². The highest BCUT2D eigenvalue weighted by Gasteiger charge is 2.48. The molecule has 0 N–H and O–H groups in total. The molecule has 4 nitrogen and oxygen atoms in total. The second kappa shape index (κ2) is 10.1. The molecule has 0 heterocycles. The molecule has 1 aromatic carbocycles. The molecule has 0 saturated heterocycles. The first-order chi connectivity index (χ1) is 11.6. The number of ether oxygens (including phenoxy) is 2. The maximum absolute atomic E-state index is 12.3. The third-order valence-electron chi connectivity index (χ3n) is 3.39. The van der Waals surface area contributed by atoms with Gasteiger partial charge in [0.15, 0.2) is 5.41 Å². The average molecular weight is 326 g/mol. The lowest BCUT2D eigenvalue weighted by molar-refractivity contribution is -0.171. The highest BCUT2D eigenvalue weighted by Crippen LogP contribution is 2.30. The van der Waals surface area contributed by atoms with Crippen LogP contribution in [0, 0.1) is 29.6 Å². The molecule has 4 heteroatoms. The first-order valence-electron chi connectivity index (χ1n) is 7.88. The van der Waals surface area contributed by atoms with E-state index in [4.69, 9.17) is 15.9 Å². The molecule has 24 heavy (non-hydrogen) atoms. The largest absolute Gasteiger partial charge is 0.465 e. The van der Waals surface area contributed by atoms with Crippen molar-refractivity contribution in [2.45, 2.75) is 33.1 Å². The maximum atomic E-state index is 12.3. The summed E-state index contributed by atoms with van der Waals surface area (Å²) in [5.74, 6) is 6.87. The number of carbonyl (C=O) groups is 2. The molecule has 0 saturated carbocycles. The molecule has 0 aliphatic rings. The van der Waals surface area contributed by atoms with Crippen molar-refractivity contribution in [3.8, 4) is 24.2 Å². The van der Waals surface area contributed by atoms with Crippen LogP contribution in [0.25, 0.3) is 0 Å². The van der Waals surface area contributed by atoms with Gasteiger partial charge >= 0.3 is 11.9 Å². The summed E-state index contributed by atoms with van der Waals surface area (Å²) in [6.45, 7) is 3.65. The minimum atomic E-state index is -1.57. The van der Waals surface area contributed by atoms with Crippen LogP contribution in [0.3, 0.4) is 0 Å². The molecule has 0 aliphatic carbocycles. The van der Waals surface area contributed by atoms with Crippen LogP contribution in [0.4, 0.5) is 0 Å². The molecule has 0 radical (unpaired) electrons. The number of rotatable bonds is 7. The Morgan fingerprint density at radius 1 is 1.00 bits per heavy atom. The van der Waals surface area contributed by atoms with Crippen molar-refractivity contribution in [3.05, 3.63) is 35.9 Å². The van der Waals surface area contributed by atoms with E-state index in [1.54, 1.807) is 13.8 Å². The van der Waals surface area contributed by atoms with Crippen LogP contribution < -0.4 is 0 Å². The summed E-state index contributed by atoms with van der Waals surface area (Å²) in [7, 11) is 0. The Bertz CT molecular complexity index is 626. The van der Waals surface area contributed by atoms with Gasteiger partial charge < -0.3 is 9.47 Å². The lowest BCUT2D eigenvalue weighted by Crippen LogP contribution is -2.41. The molecule has 0 amide bonds. The third kappa shape index (κ3) is 5.18. The minimum absolute atomic E-state index is 0.0261. The Morgan fingerprint density at radius 3 is 2.08 bits per heavy atom. The number of esters is 2. The van der Waals surface area contributed by atoms with Crippen molar-refractivity contribution in [2.24, 2.45) is 5.41 Å². The van der Waals surface area contributed by atoms with Gasteiger partial charge in [0.05, 0.1) is 13.2 Å². The summed E-state index contributed by atoms with van der Waals surface area (Å²) in [4.78, 5) is 24.7. The van der Waals surface area contributed by atoms with E-state index < -0.39 is 17.4 Å². The highest BCUT2D eigenvalue weighted by atomic mass is 16.6. The van der Waals surface area contributed by atoms with Crippen molar-refractivity contribution < 1.29 is 19.1 Å². The van der Waals surface area contributed by atoms with E-state index in [1.165, 1.54) is 0 Å². The summed E-state index contributed by atoms with van der Waals surface area (Å²) in [6, 6.07) is 9.70. The van der Waals surface area contributed by atoms with Gasteiger partial charge in [-0.15, -0.1) is 18.3 Å². The first-order valence-corrected chi connectivity index (χ1v) is 7.88. The fourth-order valence-electron chi connectivity index (χ4n) is 2.12. The molecule has 1 rings (SSSR count). The van der Waals surface area contributed by atoms with E-state index in [0.29, 0.717) is 6.42 Å². The molecule has 1 aromatic rings. The Balaban J connectivity index is 2.97. The Kier molecular flexibility index (Phi) is 8.16. The average Bonchev–Trinajstić information content (AvgIpc) is 2.59. The zero-order valence-corrected chi connectivity index (χ0v) is 14.1. The van der Waals surface area contributed by atoms with E-state index >= 15 is 0 Å². The fraction of sp³-hybridized carbons (Fsp3) is 0.400. The van der Waals surface area contributed by atoms with Gasteiger partial charge in [-0.05, 0) is 19.4 Å². The van der Waals surface area contributed by atoms with E-state index in [0.717, 1.165) is 5.56 Å².